The van der Waals surface area contributed by atoms with E-state index < -0.39 is 0 Å². The van der Waals surface area contributed by atoms with Crippen LogP contribution in [0.15, 0.2) is 29.0 Å². The van der Waals surface area contributed by atoms with E-state index >= 15 is 0 Å². The van der Waals surface area contributed by atoms with Gasteiger partial charge in [0.1, 0.15) is 0 Å². The van der Waals surface area contributed by atoms with Gasteiger partial charge in [0.05, 0.1) is 19.6 Å². The Bertz CT molecular complexity index is 526. The summed E-state index contributed by atoms with van der Waals surface area (Å²) in [6.45, 7) is 0. The van der Waals surface area contributed by atoms with E-state index in [1.54, 1.807) is 31.6 Å². The molecule has 2 nitrogen and oxygen atoms in total. The van der Waals surface area contributed by atoms with Crippen LogP contribution in [0.4, 0.5) is 0 Å². The molecule has 0 bridgehead atoms. The third kappa shape index (κ3) is 2.58. The maximum absolute atomic E-state index is 6.43. The van der Waals surface area contributed by atoms with Gasteiger partial charge in [-0.1, -0.05) is 11.6 Å². The van der Waals surface area contributed by atoms with Gasteiger partial charge in [0.15, 0.2) is 11.5 Å². The van der Waals surface area contributed by atoms with E-state index in [9.17, 15) is 0 Å². The number of alkyl halides is 1. The maximum atomic E-state index is 6.43. The number of halogens is 2. The Morgan fingerprint density at radius 1 is 1.17 bits per heavy atom. The molecule has 0 saturated carbocycles. The van der Waals surface area contributed by atoms with E-state index in [0.717, 1.165) is 11.1 Å². The van der Waals surface area contributed by atoms with Crippen LogP contribution in [-0.4, -0.2) is 14.2 Å². The monoisotopic (exact) mass is 302 g/mol. The van der Waals surface area contributed by atoms with Crippen molar-refractivity contribution in [1.82, 2.24) is 0 Å². The Labute approximate surface area is 120 Å². The number of rotatable bonds is 4. The Hall–Kier alpha value is -0.900. The number of benzene rings is 1. The molecule has 0 saturated heterocycles. The zero-order valence-corrected chi connectivity index (χ0v) is 12.3. The van der Waals surface area contributed by atoms with E-state index in [1.165, 1.54) is 0 Å². The lowest BCUT2D eigenvalue weighted by atomic mass is 10.1. The van der Waals surface area contributed by atoms with Crippen LogP contribution in [0.1, 0.15) is 16.5 Å². The standard InChI is InChI=1S/C13H12Cl2O2S/c1-16-11-5-9(10(14)6-12(11)17-2)13(15)8-3-4-18-7-8/h3-7,13H,1-2H3. The largest absolute Gasteiger partial charge is 0.493 e. The van der Waals surface area contributed by atoms with Gasteiger partial charge in [-0.2, -0.15) is 11.3 Å². The van der Waals surface area contributed by atoms with Crippen molar-refractivity contribution in [1.29, 1.82) is 0 Å². The summed E-state index contributed by atoms with van der Waals surface area (Å²) >= 11 is 14.3. The maximum Gasteiger partial charge on any atom is 0.162 e. The van der Waals surface area contributed by atoms with Crippen molar-refractivity contribution in [2.24, 2.45) is 0 Å². The lowest BCUT2D eigenvalue weighted by Crippen LogP contribution is -1.97. The highest BCUT2D eigenvalue weighted by molar-refractivity contribution is 7.08. The lowest BCUT2D eigenvalue weighted by molar-refractivity contribution is 0.354. The van der Waals surface area contributed by atoms with Crippen LogP contribution in [0.2, 0.25) is 5.02 Å². The molecule has 1 aromatic carbocycles. The molecule has 0 amide bonds. The van der Waals surface area contributed by atoms with Gasteiger partial charge in [0.2, 0.25) is 0 Å². The van der Waals surface area contributed by atoms with E-state index in [2.05, 4.69) is 0 Å². The third-order valence-electron chi connectivity index (χ3n) is 2.61. The van der Waals surface area contributed by atoms with Crippen molar-refractivity contribution in [2.75, 3.05) is 14.2 Å². The van der Waals surface area contributed by atoms with Crippen molar-refractivity contribution in [3.63, 3.8) is 0 Å². The molecule has 18 heavy (non-hydrogen) atoms. The molecule has 1 atom stereocenters. The minimum Gasteiger partial charge on any atom is -0.493 e. The number of thiophene rings is 1. The van der Waals surface area contributed by atoms with E-state index in [1.807, 2.05) is 22.9 Å². The third-order valence-corrected chi connectivity index (χ3v) is 4.13. The highest BCUT2D eigenvalue weighted by atomic mass is 35.5. The SMILES string of the molecule is COc1cc(Cl)c(C(Cl)c2ccsc2)cc1OC. The second kappa shape index (κ2) is 5.83. The number of hydrogen-bond donors (Lipinski definition) is 0. The summed E-state index contributed by atoms with van der Waals surface area (Å²) in [4.78, 5) is 0. The molecule has 1 aromatic heterocycles. The Balaban J connectivity index is 2.45. The molecule has 1 unspecified atom stereocenters. The van der Waals surface area contributed by atoms with Crippen molar-refractivity contribution in [2.45, 2.75) is 5.38 Å². The number of hydrogen-bond acceptors (Lipinski definition) is 3. The van der Waals surface area contributed by atoms with Crippen LogP contribution in [0.5, 0.6) is 11.5 Å². The molecule has 0 radical (unpaired) electrons. The van der Waals surface area contributed by atoms with E-state index in [-0.39, 0.29) is 5.38 Å². The lowest BCUT2D eigenvalue weighted by Gasteiger charge is -2.14. The van der Waals surface area contributed by atoms with Crippen LogP contribution in [0, 0.1) is 0 Å². The predicted molar refractivity (Wildman–Crippen MR) is 76.6 cm³/mol. The first-order valence-electron chi connectivity index (χ1n) is 5.25. The number of methoxy groups -OCH3 is 2. The highest BCUT2D eigenvalue weighted by Crippen LogP contribution is 2.40. The average molecular weight is 303 g/mol. The summed E-state index contributed by atoms with van der Waals surface area (Å²) in [6, 6.07) is 5.52. The fourth-order valence-electron chi connectivity index (χ4n) is 1.66. The zero-order valence-electron chi connectivity index (χ0n) is 9.94. The summed E-state index contributed by atoms with van der Waals surface area (Å²) < 4.78 is 10.5. The average Bonchev–Trinajstić information content (AvgIpc) is 2.91. The molecule has 0 aliphatic heterocycles. The fraction of sp³-hybridized carbons (Fsp3) is 0.231. The Morgan fingerprint density at radius 3 is 2.39 bits per heavy atom. The highest BCUT2D eigenvalue weighted by Gasteiger charge is 2.18. The Morgan fingerprint density at radius 2 is 1.83 bits per heavy atom. The summed E-state index contributed by atoms with van der Waals surface area (Å²) in [6.07, 6.45) is 0. The van der Waals surface area contributed by atoms with Crippen molar-refractivity contribution >= 4 is 34.5 Å². The summed E-state index contributed by atoms with van der Waals surface area (Å²) in [7, 11) is 3.16. The van der Waals surface area contributed by atoms with Crippen LogP contribution in [0.25, 0.3) is 0 Å². The summed E-state index contributed by atoms with van der Waals surface area (Å²) in [5.74, 6) is 1.22. The zero-order chi connectivity index (χ0) is 13.1. The van der Waals surface area contributed by atoms with E-state index in [0.29, 0.717) is 16.5 Å². The van der Waals surface area contributed by atoms with Gasteiger partial charge in [-0.05, 0) is 34.0 Å². The van der Waals surface area contributed by atoms with Gasteiger partial charge in [-0.15, -0.1) is 11.6 Å². The van der Waals surface area contributed by atoms with E-state index in [4.69, 9.17) is 32.7 Å². The minimum absolute atomic E-state index is 0.288. The molecule has 1 heterocycles. The molecule has 0 spiro atoms. The molecule has 96 valence electrons. The van der Waals surface area contributed by atoms with Crippen LogP contribution >= 0.6 is 34.5 Å². The molecule has 2 rings (SSSR count). The molecular formula is C13H12Cl2O2S. The predicted octanol–water partition coefficient (Wildman–Crippen LogP) is 4.75. The molecule has 0 N–H and O–H groups in total. The van der Waals surface area contributed by atoms with Gasteiger partial charge in [0.25, 0.3) is 0 Å². The van der Waals surface area contributed by atoms with Crippen LogP contribution in [0.3, 0.4) is 0 Å². The fourth-order valence-corrected chi connectivity index (χ4v) is 3.06. The smallest absolute Gasteiger partial charge is 0.162 e. The van der Waals surface area contributed by atoms with Gasteiger partial charge in [-0.3, -0.25) is 0 Å². The quantitative estimate of drug-likeness (QED) is 0.759. The molecule has 2 aromatic rings. The van der Waals surface area contributed by atoms with Gasteiger partial charge < -0.3 is 9.47 Å². The van der Waals surface area contributed by atoms with Crippen molar-refractivity contribution in [3.8, 4) is 11.5 Å². The number of ether oxygens (including phenoxy) is 2. The van der Waals surface area contributed by atoms with Crippen molar-refractivity contribution < 1.29 is 9.47 Å². The first-order chi connectivity index (χ1) is 8.67. The molecule has 5 heteroatoms. The van der Waals surface area contributed by atoms with Gasteiger partial charge >= 0.3 is 0 Å². The topological polar surface area (TPSA) is 18.5 Å². The molecule has 0 aliphatic rings. The first kappa shape index (κ1) is 13.5. The van der Waals surface area contributed by atoms with Gasteiger partial charge in [-0.25, -0.2) is 0 Å². The molecule has 0 aliphatic carbocycles. The summed E-state index contributed by atoms with van der Waals surface area (Å²) in [5.41, 5.74) is 1.84. The second-order valence-corrected chi connectivity index (χ2v) is 5.27. The minimum atomic E-state index is -0.288. The normalized spacial score (nSPS) is 12.2. The second-order valence-electron chi connectivity index (χ2n) is 3.65. The molecular weight excluding hydrogens is 291 g/mol. The Kier molecular flexibility index (Phi) is 4.38. The molecule has 0 fully saturated rings. The first-order valence-corrected chi connectivity index (χ1v) is 7.00. The van der Waals surface area contributed by atoms with Crippen molar-refractivity contribution in [3.05, 3.63) is 45.1 Å². The van der Waals surface area contributed by atoms with Crippen LogP contribution in [-0.2, 0) is 0 Å². The van der Waals surface area contributed by atoms with Crippen LogP contribution < -0.4 is 9.47 Å². The summed E-state index contributed by atoms with van der Waals surface area (Å²) in [5, 5.41) is 4.27. The van der Waals surface area contributed by atoms with Gasteiger partial charge in [0, 0.05) is 11.1 Å².